The lowest BCUT2D eigenvalue weighted by Gasteiger charge is -2.10. The number of rotatable bonds is 7. The molecule has 0 unspecified atom stereocenters. The highest BCUT2D eigenvalue weighted by atomic mass is 19.4. The molecule has 0 aliphatic heterocycles. The van der Waals surface area contributed by atoms with Crippen LogP contribution in [0.4, 0.5) is 13.2 Å². The first-order valence-corrected chi connectivity index (χ1v) is 7.52. The number of para-hydroxylation sites is 1. The summed E-state index contributed by atoms with van der Waals surface area (Å²) in [5.74, 6) is 0.215. The molecule has 0 saturated carbocycles. The second-order valence-corrected chi connectivity index (χ2v) is 5.31. The molecule has 1 N–H and O–H groups in total. The second-order valence-electron chi connectivity index (χ2n) is 5.31. The van der Waals surface area contributed by atoms with E-state index < -0.39 is 12.8 Å². The van der Waals surface area contributed by atoms with Crippen molar-refractivity contribution in [1.82, 2.24) is 5.32 Å². The highest BCUT2D eigenvalue weighted by Gasteiger charge is 2.27. The average molecular weight is 353 g/mol. The summed E-state index contributed by atoms with van der Waals surface area (Å²) in [5, 5.41) is 2.77. The van der Waals surface area contributed by atoms with E-state index in [1.807, 2.05) is 0 Å². The predicted molar refractivity (Wildman–Crippen MR) is 86.3 cm³/mol. The van der Waals surface area contributed by atoms with Crippen molar-refractivity contribution >= 4 is 5.91 Å². The Morgan fingerprint density at radius 2 is 1.68 bits per heavy atom. The average Bonchev–Trinajstić information content (AvgIpc) is 2.59. The van der Waals surface area contributed by atoms with E-state index in [0.29, 0.717) is 23.4 Å². The molecule has 2 rings (SSSR count). The van der Waals surface area contributed by atoms with E-state index in [-0.39, 0.29) is 12.5 Å². The van der Waals surface area contributed by atoms with Crippen molar-refractivity contribution in [2.75, 3.05) is 13.7 Å². The monoisotopic (exact) mass is 353 g/mol. The summed E-state index contributed by atoms with van der Waals surface area (Å²) in [6.45, 7) is -1.10. The molecule has 7 heteroatoms. The van der Waals surface area contributed by atoms with Gasteiger partial charge in [-0.3, -0.25) is 4.79 Å². The van der Waals surface area contributed by atoms with Crippen LogP contribution < -0.4 is 10.1 Å². The Bertz CT molecular complexity index is 699. The van der Waals surface area contributed by atoms with Gasteiger partial charge in [0.1, 0.15) is 12.4 Å². The van der Waals surface area contributed by atoms with Gasteiger partial charge in [-0.1, -0.05) is 36.4 Å². The molecule has 0 heterocycles. The zero-order valence-corrected chi connectivity index (χ0v) is 13.6. The van der Waals surface area contributed by atoms with Crippen molar-refractivity contribution in [3.8, 4) is 5.75 Å². The van der Waals surface area contributed by atoms with Gasteiger partial charge in [0.25, 0.3) is 5.91 Å². The van der Waals surface area contributed by atoms with Gasteiger partial charge >= 0.3 is 6.18 Å². The van der Waals surface area contributed by atoms with Gasteiger partial charge in [-0.05, 0) is 23.3 Å². The van der Waals surface area contributed by atoms with Crippen LogP contribution in [0.5, 0.6) is 5.75 Å². The van der Waals surface area contributed by atoms with Gasteiger partial charge in [0.15, 0.2) is 0 Å². The maximum Gasteiger partial charge on any atom is 0.411 e. The fraction of sp³-hybridized carbons (Fsp3) is 0.278. The Balaban J connectivity index is 1.86. The third-order valence-electron chi connectivity index (χ3n) is 3.36. The van der Waals surface area contributed by atoms with Gasteiger partial charge in [-0.25, -0.2) is 0 Å². The van der Waals surface area contributed by atoms with Gasteiger partial charge in [0.2, 0.25) is 0 Å². The van der Waals surface area contributed by atoms with Crippen LogP contribution in [0.25, 0.3) is 0 Å². The lowest BCUT2D eigenvalue weighted by atomic mass is 10.1. The van der Waals surface area contributed by atoms with E-state index in [2.05, 4.69) is 10.1 Å². The maximum atomic E-state index is 12.2. The zero-order valence-electron chi connectivity index (χ0n) is 13.6. The molecule has 0 bridgehead atoms. The first-order chi connectivity index (χ1) is 11.9. The number of halogens is 3. The summed E-state index contributed by atoms with van der Waals surface area (Å²) in [7, 11) is 1.49. The van der Waals surface area contributed by atoms with Crippen molar-refractivity contribution in [3.05, 3.63) is 65.2 Å². The number of benzene rings is 2. The molecule has 0 radical (unpaired) electrons. The van der Waals surface area contributed by atoms with E-state index in [9.17, 15) is 18.0 Å². The van der Waals surface area contributed by atoms with Crippen molar-refractivity contribution in [2.45, 2.75) is 19.3 Å². The number of amides is 1. The number of alkyl halides is 3. The third kappa shape index (κ3) is 6.11. The van der Waals surface area contributed by atoms with Gasteiger partial charge in [-0.2, -0.15) is 13.2 Å². The minimum Gasteiger partial charge on any atom is -0.496 e. The minimum atomic E-state index is -4.33. The third-order valence-corrected chi connectivity index (χ3v) is 3.36. The van der Waals surface area contributed by atoms with Crippen LogP contribution in [0.1, 0.15) is 21.5 Å². The fourth-order valence-corrected chi connectivity index (χ4v) is 2.15. The molecule has 0 fully saturated rings. The van der Waals surface area contributed by atoms with E-state index in [4.69, 9.17) is 4.74 Å². The minimum absolute atomic E-state index is 0.118. The highest BCUT2D eigenvalue weighted by molar-refractivity contribution is 5.96. The van der Waals surface area contributed by atoms with Gasteiger partial charge in [0, 0.05) is 6.54 Å². The molecule has 0 aliphatic carbocycles. The van der Waals surface area contributed by atoms with E-state index in [1.165, 1.54) is 7.11 Å². The van der Waals surface area contributed by atoms with E-state index in [0.717, 1.165) is 5.56 Å². The molecular weight excluding hydrogens is 335 g/mol. The molecule has 4 nitrogen and oxygen atoms in total. The topological polar surface area (TPSA) is 47.6 Å². The van der Waals surface area contributed by atoms with Crippen LogP contribution in [-0.2, 0) is 17.9 Å². The Morgan fingerprint density at radius 1 is 1.04 bits per heavy atom. The zero-order chi connectivity index (χ0) is 18.3. The largest absolute Gasteiger partial charge is 0.496 e. The number of carbonyl (C=O) groups excluding carboxylic acids is 1. The fourth-order valence-electron chi connectivity index (χ4n) is 2.15. The first kappa shape index (κ1) is 18.8. The van der Waals surface area contributed by atoms with Crippen molar-refractivity contribution in [2.24, 2.45) is 0 Å². The van der Waals surface area contributed by atoms with Crippen LogP contribution >= 0.6 is 0 Å². The number of hydrogen-bond acceptors (Lipinski definition) is 3. The van der Waals surface area contributed by atoms with Gasteiger partial charge < -0.3 is 14.8 Å². The molecule has 1 amide bonds. The van der Waals surface area contributed by atoms with Crippen molar-refractivity contribution in [3.63, 3.8) is 0 Å². The Labute approximate surface area is 143 Å². The Hall–Kier alpha value is -2.54. The number of carbonyl (C=O) groups is 1. The second kappa shape index (κ2) is 8.53. The van der Waals surface area contributed by atoms with Crippen LogP contribution in [0.2, 0.25) is 0 Å². The van der Waals surface area contributed by atoms with Crippen molar-refractivity contribution in [1.29, 1.82) is 0 Å². The van der Waals surface area contributed by atoms with Gasteiger partial charge in [0.05, 0.1) is 19.3 Å². The molecule has 134 valence electrons. The summed E-state index contributed by atoms with van der Waals surface area (Å²) in [6, 6.07) is 13.7. The maximum absolute atomic E-state index is 12.2. The molecular formula is C18H18F3NO3. The lowest BCUT2D eigenvalue weighted by Crippen LogP contribution is -2.23. The van der Waals surface area contributed by atoms with Crippen LogP contribution in [-0.4, -0.2) is 25.8 Å². The molecule has 0 aliphatic rings. The summed E-state index contributed by atoms with van der Waals surface area (Å²) in [6.07, 6.45) is -4.33. The van der Waals surface area contributed by atoms with E-state index >= 15 is 0 Å². The van der Waals surface area contributed by atoms with Crippen molar-refractivity contribution < 1.29 is 27.4 Å². The summed E-state index contributed by atoms with van der Waals surface area (Å²) >= 11 is 0. The Kier molecular flexibility index (Phi) is 6.41. The number of methoxy groups -OCH3 is 1. The van der Waals surface area contributed by atoms with Gasteiger partial charge in [-0.15, -0.1) is 0 Å². The standard InChI is InChI=1S/C18H18F3NO3/c1-24-16-5-3-2-4-15(16)17(23)22-10-13-6-8-14(9-7-13)11-25-12-18(19,20)21/h2-9H,10-12H2,1H3,(H,22,23). The molecule has 25 heavy (non-hydrogen) atoms. The highest BCUT2D eigenvalue weighted by Crippen LogP contribution is 2.17. The molecule has 0 saturated heterocycles. The lowest BCUT2D eigenvalue weighted by molar-refractivity contribution is -0.176. The molecule has 0 spiro atoms. The smallest absolute Gasteiger partial charge is 0.411 e. The molecule has 0 aromatic heterocycles. The number of nitrogens with one attached hydrogen (secondary N) is 1. The number of hydrogen-bond donors (Lipinski definition) is 1. The predicted octanol–water partition coefficient (Wildman–Crippen LogP) is 3.70. The SMILES string of the molecule is COc1ccccc1C(=O)NCc1ccc(COCC(F)(F)F)cc1. The van der Waals surface area contributed by atoms with Crippen LogP contribution in [0.3, 0.4) is 0 Å². The first-order valence-electron chi connectivity index (χ1n) is 7.52. The van der Waals surface area contributed by atoms with Crippen LogP contribution in [0.15, 0.2) is 48.5 Å². The molecule has 2 aromatic carbocycles. The van der Waals surface area contributed by atoms with Crippen LogP contribution in [0, 0.1) is 0 Å². The molecule has 0 atom stereocenters. The molecule has 2 aromatic rings. The Morgan fingerprint density at radius 3 is 2.32 bits per heavy atom. The number of ether oxygens (including phenoxy) is 2. The normalized spacial score (nSPS) is 11.2. The summed E-state index contributed by atoms with van der Waals surface area (Å²) in [5.41, 5.74) is 1.88. The van der Waals surface area contributed by atoms with E-state index in [1.54, 1.807) is 48.5 Å². The summed E-state index contributed by atoms with van der Waals surface area (Å²) in [4.78, 5) is 12.2. The summed E-state index contributed by atoms with van der Waals surface area (Å²) < 4.78 is 45.8. The quantitative estimate of drug-likeness (QED) is 0.826.